The number of methoxy groups -OCH3 is 2. The van der Waals surface area contributed by atoms with E-state index in [-0.39, 0.29) is 22.6 Å². The zero-order chi connectivity index (χ0) is 19.3. The van der Waals surface area contributed by atoms with Crippen molar-refractivity contribution in [3.63, 3.8) is 0 Å². The lowest BCUT2D eigenvalue weighted by atomic mass is 10.1. The number of rotatable bonds is 5. The molecule has 26 heavy (non-hydrogen) atoms. The van der Waals surface area contributed by atoms with Crippen LogP contribution in [0, 0.1) is 15.9 Å². The Hall–Kier alpha value is -3.69. The average Bonchev–Trinajstić information content (AvgIpc) is 2.64. The highest BCUT2D eigenvalue weighted by molar-refractivity contribution is 6.01. The first-order valence-corrected chi connectivity index (χ1v) is 7.14. The van der Waals surface area contributed by atoms with Gasteiger partial charge in [-0.05, 0) is 12.1 Å². The molecule has 2 N–H and O–H groups in total. The second kappa shape index (κ2) is 7.92. The summed E-state index contributed by atoms with van der Waals surface area (Å²) in [6, 6.07) is 7.26. The van der Waals surface area contributed by atoms with E-state index in [1.54, 1.807) is 0 Å². The maximum atomic E-state index is 13.5. The average molecular weight is 363 g/mol. The normalized spacial score (nSPS) is 9.96. The molecule has 2 rings (SSSR count). The second-order valence-corrected chi connectivity index (χ2v) is 4.87. The van der Waals surface area contributed by atoms with Crippen LogP contribution >= 0.6 is 0 Å². The Labute approximate surface area is 146 Å². The van der Waals surface area contributed by atoms with Gasteiger partial charge in [-0.3, -0.25) is 30.6 Å². The fourth-order valence-electron chi connectivity index (χ4n) is 2.09. The van der Waals surface area contributed by atoms with Crippen molar-refractivity contribution in [1.82, 2.24) is 10.9 Å². The van der Waals surface area contributed by atoms with Crippen LogP contribution in [0.25, 0.3) is 0 Å². The van der Waals surface area contributed by atoms with E-state index in [4.69, 9.17) is 9.47 Å². The third kappa shape index (κ3) is 3.86. The lowest BCUT2D eigenvalue weighted by Gasteiger charge is -2.11. The minimum absolute atomic E-state index is 0.0612. The minimum Gasteiger partial charge on any atom is -0.493 e. The van der Waals surface area contributed by atoms with Crippen LogP contribution in [0.4, 0.5) is 10.1 Å². The zero-order valence-electron chi connectivity index (χ0n) is 13.7. The Balaban J connectivity index is 2.25. The van der Waals surface area contributed by atoms with E-state index in [1.807, 2.05) is 10.9 Å². The van der Waals surface area contributed by atoms with Crippen molar-refractivity contribution in [3.8, 4) is 11.5 Å². The number of amides is 2. The number of nitrogens with zero attached hydrogens (tertiary/aromatic N) is 1. The van der Waals surface area contributed by atoms with Crippen molar-refractivity contribution in [3.05, 3.63) is 63.5 Å². The molecule has 0 aliphatic heterocycles. The van der Waals surface area contributed by atoms with Gasteiger partial charge >= 0.3 is 0 Å². The van der Waals surface area contributed by atoms with Gasteiger partial charge in [0.1, 0.15) is 11.4 Å². The molecule has 136 valence electrons. The van der Waals surface area contributed by atoms with Crippen LogP contribution in [-0.2, 0) is 0 Å². The summed E-state index contributed by atoms with van der Waals surface area (Å²) >= 11 is 0. The molecule has 0 atom stereocenters. The Morgan fingerprint density at radius 3 is 2.08 bits per heavy atom. The van der Waals surface area contributed by atoms with E-state index in [1.165, 1.54) is 32.4 Å². The summed E-state index contributed by atoms with van der Waals surface area (Å²) in [6.45, 7) is 0. The van der Waals surface area contributed by atoms with Crippen LogP contribution in [0.5, 0.6) is 11.5 Å². The highest BCUT2D eigenvalue weighted by Crippen LogP contribution is 2.34. The molecule has 2 amide bonds. The summed E-state index contributed by atoms with van der Waals surface area (Å²) < 4.78 is 23.5. The number of nitrogens with one attached hydrogen (secondary N) is 2. The predicted molar refractivity (Wildman–Crippen MR) is 87.5 cm³/mol. The van der Waals surface area contributed by atoms with Gasteiger partial charge in [-0.1, -0.05) is 12.1 Å². The molecule has 0 aromatic heterocycles. The van der Waals surface area contributed by atoms with Crippen molar-refractivity contribution < 1.29 is 28.4 Å². The summed E-state index contributed by atoms with van der Waals surface area (Å²) in [5, 5.41) is 11.2. The van der Waals surface area contributed by atoms with Crippen LogP contribution in [0.15, 0.2) is 36.4 Å². The molecule has 0 unspecified atom stereocenters. The number of halogens is 1. The first-order valence-electron chi connectivity index (χ1n) is 7.14. The quantitative estimate of drug-likeness (QED) is 0.618. The monoisotopic (exact) mass is 363 g/mol. The van der Waals surface area contributed by atoms with Gasteiger partial charge in [0.2, 0.25) is 0 Å². The molecule has 0 fully saturated rings. The first kappa shape index (κ1) is 18.6. The van der Waals surface area contributed by atoms with Gasteiger partial charge in [0.15, 0.2) is 11.5 Å². The summed E-state index contributed by atoms with van der Waals surface area (Å²) in [5.74, 6) is -2.53. The van der Waals surface area contributed by atoms with E-state index < -0.39 is 28.2 Å². The fourth-order valence-corrected chi connectivity index (χ4v) is 2.09. The largest absolute Gasteiger partial charge is 0.493 e. The smallest absolute Gasteiger partial charge is 0.286 e. The van der Waals surface area contributed by atoms with Gasteiger partial charge in [-0.2, -0.15) is 0 Å². The van der Waals surface area contributed by atoms with Crippen LogP contribution in [0.2, 0.25) is 0 Å². The van der Waals surface area contributed by atoms with Crippen LogP contribution < -0.4 is 20.3 Å². The highest BCUT2D eigenvalue weighted by Gasteiger charge is 2.25. The van der Waals surface area contributed by atoms with Gasteiger partial charge in [-0.15, -0.1) is 0 Å². The lowest BCUT2D eigenvalue weighted by Crippen LogP contribution is -2.42. The number of carbonyl (C=O) groups excluding carboxylic acids is 2. The van der Waals surface area contributed by atoms with Crippen LogP contribution in [0.1, 0.15) is 20.7 Å². The number of ether oxygens (including phenoxy) is 2. The number of hydrogen-bond donors (Lipinski definition) is 2. The van der Waals surface area contributed by atoms with Crippen molar-refractivity contribution >= 4 is 17.5 Å². The Morgan fingerprint density at radius 2 is 1.54 bits per heavy atom. The maximum Gasteiger partial charge on any atom is 0.286 e. The molecule has 0 heterocycles. The minimum atomic E-state index is -0.984. The molecular weight excluding hydrogens is 349 g/mol. The van der Waals surface area contributed by atoms with Gasteiger partial charge in [0.05, 0.1) is 30.8 Å². The van der Waals surface area contributed by atoms with E-state index >= 15 is 0 Å². The molecular formula is C16H14FN3O6. The summed E-state index contributed by atoms with van der Waals surface area (Å²) in [6.07, 6.45) is 0. The molecule has 10 heteroatoms. The van der Waals surface area contributed by atoms with Gasteiger partial charge in [-0.25, -0.2) is 4.39 Å². The summed E-state index contributed by atoms with van der Waals surface area (Å²) in [5.41, 5.74) is 2.77. The molecule has 9 nitrogen and oxygen atoms in total. The van der Waals surface area contributed by atoms with Crippen molar-refractivity contribution in [2.75, 3.05) is 14.2 Å². The number of carbonyl (C=O) groups is 2. The molecule has 0 saturated carbocycles. The number of hydrazine groups is 1. The topological polar surface area (TPSA) is 120 Å². The van der Waals surface area contributed by atoms with Crippen molar-refractivity contribution in [2.24, 2.45) is 0 Å². The molecule has 0 saturated heterocycles. The van der Waals surface area contributed by atoms with E-state index in [2.05, 4.69) is 0 Å². The van der Waals surface area contributed by atoms with Crippen LogP contribution in [0.3, 0.4) is 0 Å². The van der Waals surface area contributed by atoms with Gasteiger partial charge < -0.3 is 9.47 Å². The molecule has 0 spiro atoms. The third-order valence-corrected chi connectivity index (χ3v) is 3.35. The van der Waals surface area contributed by atoms with Crippen molar-refractivity contribution in [1.29, 1.82) is 0 Å². The van der Waals surface area contributed by atoms with Crippen molar-refractivity contribution in [2.45, 2.75) is 0 Å². The number of benzene rings is 2. The van der Waals surface area contributed by atoms with E-state index in [0.717, 1.165) is 18.2 Å². The molecule has 0 bridgehead atoms. The first-order chi connectivity index (χ1) is 12.4. The second-order valence-electron chi connectivity index (χ2n) is 4.87. The molecule has 0 radical (unpaired) electrons. The fraction of sp³-hybridized carbons (Fsp3) is 0.125. The highest BCUT2D eigenvalue weighted by atomic mass is 19.1. The van der Waals surface area contributed by atoms with Crippen LogP contribution in [-0.4, -0.2) is 31.0 Å². The maximum absolute atomic E-state index is 13.5. The zero-order valence-corrected chi connectivity index (χ0v) is 13.7. The molecule has 2 aromatic carbocycles. The van der Waals surface area contributed by atoms with E-state index in [9.17, 15) is 24.1 Å². The molecule has 0 aliphatic rings. The predicted octanol–water partition coefficient (Wildman–Crippen LogP) is 1.83. The number of nitro benzene ring substituents is 1. The van der Waals surface area contributed by atoms with Gasteiger partial charge in [0, 0.05) is 6.07 Å². The Kier molecular flexibility index (Phi) is 5.68. The summed E-state index contributed by atoms with van der Waals surface area (Å²) in [7, 11) is 2.58. The molecule has 0 aliphatic carbocycles. The summed E-state index contributed by atoms with van der Waals surface area (Å²) in [4.78, 5) is 34.5. The number of hydrogen-bond acceptors (Lipinski definition) is 6. The molecule has 2 aromatic rings. The Bertz CT molecular complexity index is 871. The standard InChI is InChI=1S/C16H14FN3O6/c1-25-13-7-10(12(20(23)24)8-14(13)26-2)16(22)19-18-15(21)9-5-3-4-6-11(9)17/h3-8H,1-2H3,(H,18,21)(H,19,22). The third-order valence-electron chi connectivity index (χ3n) is 3.35. The van der Waals surface area contributed by atoms with Gasteiger partial charge in [0.25, 0.3) is 17.5 Å². The SMILES string of the molecule is COc1cc(C(=O)NNC(=O)c2ccccc2F)c([N+](=O)[O-])cc1OC. The number of nitro groups is 1. The Morgan fingerprint density at radius 1 is 1.00 bits per heavy atom. The van der Waals surface area contributed by atoms with E-state index in [0.29, 0.717) is 0 Å². The lowest BCUT2D eigenvalue weighted by molar-refractivity contribution is -0.385.